The van der Waals surface area contributed by atoms with E-state index in [1.54, 1.807) is 7.11 Å². The van der Waals surface area contributed by atoms with E-state index in [1.807, 2.05) is 17.0 Å². The fourth-order valence-electron chi connectivity index (χ4n) is 2.82. The number of methoxy groups -OCH3 is 1. The van der Waals surface area contributed by atoms with E-state index < -0.39 is 0 Å². The van der Waals surface area contributed by atoms with Crippen LogP contribution in [-0.4, -0.2) is 31.0 Å². The third kappa shape index (κ3) is 3.75. The maximum Gasteiger partial charge on any atom is 0.222 e. The van der Waals surface area contributed by atoms with Crippen molar-refractivity contribution in [1.29, 1.82) is 0 Å². The minimum absolute atomic E-state index is 0.313. The molecule has 1 aromatic rings. The molecule has 0 aromatic heterocycles. The molecule has 0 aliphatic carbocycles. The zero-order chi connectivity index (χ0) is 14.5. The van der Waals surface area contributed by atoms with Gasteiger partial charge in [-0.2, -0.15) is 0 Å². The molecule has 1 aliphatic heterocycles. The Morgan fingerprint density at radius 3 is 2.35 bits per heavy atom. The van der Waals surface area contributed by atoms with E-state index in [2.05, 4.69) is 26.0 Å². The number of carbonyl (C=O) groups is 1. The smallest absolute Gasteiger partial charge is 0.222 e. The van der Waals surface area contributed by atoms with Crippen LogP contribution in [0.2, 0.25) is 0 Å². The molecule has 1 heterocycles. The van der Waals surface area contributed by atoms with Crippen LogP contribution in [0.25, 0.3) is 0 Å². The Morgan fingerprint density at radius 1 is 1.25 bits per heavy atom. The van der Waals surface area contributed by atoms with Gasteiger partial charge in [0.25, 0.3) is 0 Å². The minimum Gasteiger partial charge on any atom is -0.497 e. The normalized spacial score (nSPS) is 16.5. The summed E-state index contributed by atoms with van der Waals surface area (Å²) < 4.78 is 5.19. The number of rotatable bonds is 4. The fraction of sp³-hybridized carbons (Fsp3) is 0.588. The molecule has 3 nitrogen and oxygen atoms in total. The summed E-state index contributed by atoms with van der Waals surface area (Å²) in [4.78, 5) is 14.1. The fourth-order valence-corrected chi connectivity index (χ4v) is 2.82. The Balaban J connectivity index is 1.88. The third-order valence-corrected chi connectivity index (χ3v) is 4.02. The summed E-state index contributed by atoms with van der Waals surface area (Å²) in [5.74, 6) is 2.23. The van der Waals surface area contributed by atoms with E-state index in [4.69, 9.17) is 4.74 Å². The Hall–Kier alpha value is -1.51. The molecule has 0 unspecified atom stereocenters. The third-order valence-electron chi connectivity index (χ3n) is 4.02. The maximum absolute atomic E-state index is 12.0. The first-order chi connectivity index (χ1) is 9.60. The van der Waals surface area contributed by atoms with Crippen LogP contribution in [0.3, 0.4) is 0 Å². The quantitative estimate of drug-likeness (QED) is 0.842. The lowest BCUT2D eigenvalue weighted by Gasteiger charge is -2.32. The van der Waals surface area contributed by atoms with Crippen LogP contribution < -0.4 is 4.74 Å². The topological polar surface area (TPSA) is 29.5 Å². The first-order valence-electron chi connectivity index (χ1n) is 7.52. The van der Waals surface area contributed by atoms with Gasteiger partial charge in [0.2, 0.25) is 5.91 Å². The Labute approximate surface area is 121 Å². The second kappa shape index (κ2) is 6.78. The molecule has 1 saturated heterocycles. The van der Waals surface area contributed by atoms with Gasteiger partial charge >= 0.3 is 0 Å². The number of amides is 1. The summed E-state index contributed by atoms with van der Waals surface area (Å²) in [6.07, 6.45) is 2.81. The van der Waals surface area contributed by atoms with Gasteiger partial charge < -0.3 is 9.64 Å². The molecule has 20 heavy (non-hydrogen) atoms. The Morgan fingerprint density at radius 2 is 1.85 bits per heavy atom. The minimum atomic E-state index is 0.313. The van der Waals surface area contributed by atoms with Gasteiger partial charge in [-0.05, 0) is 42.4 Å². The lowest BCUT2D eigenvalue weighted by molar-refractivity contribution is -0.133. The molecule has 1 fully saturated rings. The van der Waals surface area contributed by atoms with E-state index in [1.165, 1.54) is 5.56 Å². The van der Waals surface area contributed by atoms with Crippen molar-refractivity contribution in [2.24, 2.45) is 5.92 Å². The summed E-state index contributed by atoms with van der Waals surface area (Å²) >= 11 is 0. The molecule has 1 amide bonds. The van der Waals surface area contributed by atoms with E-state index in [9.17, 15) is 4.79 Å². The molecule has 2 rings (SSSR count). The van der Waals surface area contributed by atoms with Crippen LogP contribution in [0, 0.1) is 5.92 Å². The van der Waals surface area contributed by atoms with Crippen molar-refractivity contribution in [3.8, 4) is 5.75 Å². The Bertz CT molecular complexity index is 431. The molecule has 1 aromatic carbocycles. The number of hydrogen-bond donors (Lipinski definition) is 0. The summed E-state index contributed by atoms with van der Waals surface area (Å²) in [6, 6.07) is 8.33. The van der Waals surface area contributed by atoms with E-state index >= 15 is 0 Å². The number of piperidine rings is 1. The zero-order valence-electron chi connectivity index (χ0n) is 12.8. The second-order valence-electron chi connectivity index (χ2n) is 6.03. The van der Waals surface area contributed by atoms with Crippen LogP contribution >= 0.6 is 0 Å². The van der Waals surface area contributed by atoms with E-state index in [-0.39, 0.29) is 0 Å². The van der Waals surface area contributed by atoms with Crippen molar-refractivity contribution in [1.82, 2.24) is 4.90 Å². The number of likely N-dealkylation sites (tertiary alicyclic amines) is 1. The van der Waals surface area contributed by atoms with Crippen molar-refractivity contribution in [3.63, 3.8) is 0 Å². The van der Waals surface area contributed by atoms with Crippen LogP contribution in [-0.2, 0) is 4.79 Å². The first-order valence-corrected chi connectivity index (χ1v) is 7.52. The molecular weight excluding hydrogens is 250 g/mol. The van der Waals surface area contributed by atoms with Crippen molar-refractivity contribution < 1.29 is 9.53 Å². The number of nitrogens with zero attached hydrogens (tertiary/aromatic N) is 1. The molecule has 3 heteroatoms. The molecule has 0 N–H and O–H groups in total. The Kier molecular flexibility index (Phi) is 5.05. The number of benzene rings is 1. The van der Waals surface area contributed by atoms with Crippen LogP contribution in [0.4, 0.5) is 0 Å². The highest BCUT2D eigenvalue weighted by atomic mass is 16.5. The highest BCUT2D eigenvalue weighted by Crippen LogP contribution is 2.29. The first kappa shape index (κ1) is 14.9. The molecule has 1 aliphatic rings. The van der Waals surface area contributed by atoms with E-state index in [0.29, 0.717) is 24.2 Å². The lowest BCUT2D eigenvalue weighted by atomic mass is 9.89. The van der Waals surface area contributed by atoms with Crippen LogP contribution in [0.15, 0.2) is 24.3 Å². The molecule has 110 valence electrons. The zero-order valence-corrected chi connectivity index (χ0v) is 12.8. The van der Waals surface area contributed by atoms with Gasteiger partial charge in [0.1, 0.15) is 5.75 Å². The SMILES string of the molecule is COc1ccc(C2CCN(C(=O)CC(C)C)CC2)cc1. The summed E-state index contributed by atoms with van der Waals surface area (Å²) in [6.45, 7) is 5.98. The van der Waals surface area contributed by atoms with E-state index in [0.717, 1.165) is 31.7 Å². The van der Waals surface area contributed by atoms with Crippen LogP contribution in [0.1, 0.15) is 44.6 Å². The molecule has 0 bridgehead atoms. The van der Waals surface area contributed by atoms with Crippen molar-refractivity contribution in [3.05, 3.63) is 29.8 Å². The predicted molar refractivity (Wildman–Crippen MR) is 81.0 cm³/mol. The highest BCUT2D eigenvalue weighted by molar-refractivity contribution is 5.76. The van der Waals surface area contributed by atoms with Gasteiger partial charge in [0.05, 0.1) is 7.11 Å². The largest absolute Gasteiger partial charge is 0.497 e. The molecule has 0 spiro atoms. The van der Waals surface area contributed by atoms with Gasteiger partial charge in [-0.15, -0.1) is 0 Å². The number of hydrogen-bond acceptors (Lipinski definition) is 2. The van der Waals surface area contributed by atoms with Gasteiger partial charge in [-0.1, -0.05) is 26.0 Å². The average molecular weight is 275 g/mol. The summed E-state index contributed by atoms with van der Waals surface area (Å²) in [5.41, 5.74) is 1.36. The number of carbonyl (C=O) groups excluding carboxylic acids is 1. The van der Waals surface area contributed by atoms with Crippen molar-refractivity contribution >= 4 is 5.91 Å². The molecular formula is C17H25NO2. The van der Waals surface area contributed by atoms with Gasteiger partial charge in [0.15, 0.2) is 0 Å². The van der Waals surface area contributed by atoms with Crippen molar-refractivity contribution in [2.75, 3.05) is 20.2 Å². The average Bonchev–Trinajstić information content (AvgIpc) is 2.47. The van der Waals surface area contributed by atoms with Gasteiger partial charge in [0, 0.05) is 19.5 Å². The highest BCUT2D eigenvalue weighted by Gasteiger charge is 2.23. The monoisotopic (exact) mass is 275 g/mol. The molecule has 0 saturated carbocycles. The van der Waals surface area contributed by atoms with Crippen LogP contribution in [0.5, 0.6) is 5.75 Å². The standard InChI is InChI=1S/C17H25NO2/c1-13(2)12-17(19)18-10-8-15(9-11-18)14-4-6-16(20-3)7-5-14/h4-7,13,15H,8-12H2,1-3H3. The van der Waals surface area contributed by atoms with Gasteiger partial charge in [-0.25, -0.2) is 0 Å². The predicted octanol–water partition coefficient (Wildman–Crippen LogP) is 3.45. The maximum atomic E-state index is 12.0. The molecule has 0 atom stereocenters. The summed E-state index contributed by atoms with van der Waals surface area (Å²) in [5, 5.41) is 0. The second-order valence-corrected chi connectivity index (χ2v) is 6.03. The van der Waals surface area contributed by atoms with Crippen molar-refractivity contribution in [2.45, 2.75) is 39.0 Å². The lowest BCUT2D eigenvalue weighted by Crippen LogP contribution is -2.38. The molecule has 0 radical (unpaired) electrons. The summed E-state index contributed by atoms with van der Waals surface area (Å²) in [7, 11) is 1.69. The number of ether oxygens (including phenoxy) is 1. The van der Waals surface area contributed by atoms with Gasteiger partial charge in [-0.3, -0.25) is 4.79 Å².